The van der Waals surface area contributed by atoms with Crippen molar-refractivity contribution >= 4 is 34.6 Å². The van der Waals surface area contributed by atoms with Gasteiger partial charge >= 0.3 is 6.03 Å². The predicted octanol–water partition coefficient (Wildman–Crippen LogP) is 3.63. The molecular weight excluding hydrogens is 462 g/mol. The molecule has 0 radical (unpaired) electrons. The number of carbonyl (C=O) groups is 2. The minimum atomic E-state index is -0.562. The number of para-hydroxylation sites is 1. The van der Waals surface area contributed by atoms with Gasteiger partial charge in [0, 0.05) is 31.7 Å². The Kier molecular flexibility index (Phi) is 9.45. The topological polar surface area (TPSA) is 96.3 Å². The molecule has 0 atom stereocenters. The molecule has 1 aromatic heterocycles. The maximum atomic E-state index is 13.3. The summed E-state index contributed by atoms with van der Waals surface area (Å²) < 4.78 is 1.63. The molecule has 0 bridgehead atoms. The van der Waals surface area contributed by atoms with Crippen LogP contribution in [0.4, 0.5) is 4.79 Å². The number of nitrogens with one attached hydrogen (secondary N) is 2. The number of imide groups is 1. The molecule has 0 unspecified atom stereocenters. The minimum absolute atomic E-state index is 0.0401. The SMILES string of the molecule is CC(C)N(CCn1c(SCC(=O)NC(=O)NCc2ccccc2)nc2ccccc2c1=O)C(C)C. The number of rotatable bonds is 10. The first-order valence-corrected chi connectivity index (χ1v) is 12.7. The molecule has 3 amide bonds. The van der Waals surface area contributed by atoms with Crippen LogP contribution < -0.4 is 16.2 Å². The first-order valence-electron chi connectivity index (χ1n) is 11.8. The van der Waals surface area contributed by atoms with Crippen LogP contribution >= 0.6 is 11.8 Å². The Hall–Kier alpha value is -3.17. The van der Waals surface area contributed by atoms with Crippen molar-refractivity contribution in [1.29, 1.82) is 0 Å². The molecule has 8 nitrogen and oxygen atoms in total. The van der Waals surface area contributed by atoms with Gasteiger partial charge in [-0.25, -0.2) is 9.78 Å². The highest BCUT2D eigenvalue weighted by molar-refractivity contribution is 7.99. The third-order valence-corrected chi connectivity index (χ3v) is 6.59. The molecule has 3 aromatic rings. The van der Waals surface area contributed by atoms with Crippen molar-refractivity contribution in [3.05, 3.63) is 70.5 Å². The van der Waals surface area contributed by atoms with Crippen LogP contribution in [0, 0.1) is 0 Å². The van der Waals surface area contributed by atoms with Crippen molar-refractivity contribution in [1.82, 2.24) is 25.1 Å². The lowest BCUT2D eigenvalue weighted by atomic mass is 10.2. The van der Waals surface area contributed by atoms with Gasteiger partial charge in [-0.05, 0) is 45.4 Å². The third kappa shape index (κ3) is 7.40. The van der Waals surface area contributed by atoms with Gasteiger partial charge in [-0.1, -0.05) is 54.2 Å². The Balaban J connectivity index is 1.69. The fraction of sp³-hybridized carbons (Fsp3) is 0.385. The van der Waals surface area contributed by atoms with E-state index in [1.807, 2.05) is 42.5 Å². The van der Waals surface area contributed by atoms with Crippen LogP contribution in [0.5, 0.6) is 0 Å². The van der Waals surface area contributed by atoms with Gasteiger partial charge in [0.05, 0.1) is 16.7 Å². The van der Waals surface area contributed by atoms with Crippen molar-refractivity contribution in [2.45, 2.75) is 58.0 Å². The number of fused-ring (bicyclic) bond motifs is 1. The minimum Gasteiger partial charge on any atom is -0.334 e. The van der Waals surface area contributed by atoms with Crippen molar-refractivity contribution in [3.8, 4) is 0 Å². The van der Waals surface area contributed by atoms with Gasteiger partial charge in [0.25, 0.3) is 5.56 Å². The van der Waals surface area contributed by atoms with E-state index in [0.29, 0.717) is 47.8 Å². The van der Waals surface area contributed by atoms with E-state index in [9.17, 15) is 14.4 Å². The summed E-state index contributed by atoms with van der Waals surface area (Å²) in [6.07, 6.45) is 0. The van der Waals surface area contributed by atoms with Gasteiger partial charge < -0.3 is 5.32 Å². The molecule has 2 aromatic carbocycles. The van der Waals surface area contributed by atoms with E-state index in [2.05, 4.69) is 48.2 Å². The van der Waals surface area contributed by atoms with Crippen molar-refractivity contribution in [3.63, 3.8) is 0 Å². The molecule has 0 saturated carbocycles. The van der Waals surface area contributed by atoms with Crippen LogP contribution in [-0.2, 0) is 17.9 Å². The van der Waals surface area contributed by atoms with E-state index < -0.39 is 11.9 Å². The molecular formula is C26H33N5O3S. The Bertz CT molecular complexity index is 1200. The number of benzene rings is 2. The van der Waals surface area contributed by atoms with Crippen LogP contribution in [0.2, 0.25) is 0 Å². The van der Waals surface area contributed by atoms with Gasteiger partial charge in [0.2, 0.25) is 5.91 Å². The van der Waals surface area contributed by atoms with E-state index in [1.165, 1.54) is 0 Å². The summed E-state index contributed by atoms with van der Waals surface area (Å²) in [6, 6.07) is 16.7. The van der Waals surface area contributed by atoms with Crippen LogP contribution in [-0.4, -0.2) is 50.8 Å². The maximum Gasteiger partial charge on any atom is 0.321 e. The van der Waals surface area contributed by atoms with Gasteiger partial charge in [-0.15, -0.1) is 0 Å². The van der Waals surface area contributed by atoms with Gasteiger partial charge in [0.15, 0.2) is 5.16 Å². The number of nitrogens with zero attached hydrogens (tertiary/aromatic N) is 3. The highest BCUT2D eigenvalue weighted by Gasteiger charge is 2.18. The second kappa shape index (κ2) is 12.5. The molecule has 0 aliphatic heterocycles. The van der Waals surface area contributed by atoms with Crippen molar-refractivity contribution in [2.24, 2.45) is 0 Å². The highest BCUT2D eigenvalue weighted by Crippen LogP contribution is 2.18. The van der Waals surface area contributed by atoms with Crippen LogP contribution in [0.3, 0.4) is 0 Å². The van der Waals surface area contributed by atoms with Gasteiger partial charge in [0.1, 0.15) is 0 Å². The monoisotopic (exact) mass is 495 g/mol. The van der Waals surface area contributed by atoms with Gasteiger partial charge in [-0.3, -0.25) is 24.4 Å². The quantitative estimate of drug-likeness (QED) is 0.329. The molecule has 3 rings (SSSR count). The largest absolute Gasteiger partial charge is 0.334 e. The van der Waals surface area contributed by atoms with Crippen LogP contribution in [0.1, 0.15) is 33.3 Å². The van der Waals surface area contributed by atoms with E-state index >= 15 is 0 Å². The number of hydrogen-bond donors (Lipinski definition) is 2. The van der Waals surface area contributed by atoms with Crippen LogP contribution in [0.25, 0.3) is 10.9 Å². The molecule has 0 aliphatic carbocycles. The number of amides is 3. The highest BCUT2D eigenvalue weighted by atomic mass is 32.2. The summed E-state index contributed by atoms with van der Waals surface area (Å²) in [5.74, 6) is -0.498. The van der Waals surface area contributed by atoms with E-state index in [-0.39, 0.29) is 11.3 Å². The Labute approximate surface area is 210 Å². The zero-order valence-corrected chi connectivity index (χ0v) is 21.5. The summed E-state index contributed by atoms with van der Waals surface area (Å²) in [5, 5.41) is 6.01. The number of urea groups is 1. The summed E-state index contributed by atoms with van der Waals surface area (Å²) in [4.78, 5) is 44.8. The van der Waals surface area contributed by atoms with Crippen LogP contribution in [0.15, 0.2) is 64.5 Å². The zero-order valence-electron chi connectivity index (χ0n) is 20.7. The number of thioether (sulfide) groups is 1. The van der Waals surface area contributed by atoms with Crippen molar-refractivity contribution < 1.29 is 9.59 Å². The number of aromatic nitrogens is 2. The second-order valence-corrected chi connectivity index (χ2v) is 9.74. The summed E-state index contributed by atoms with van der Waals surface area (Å²) in [7, 11) is 0. The van der Waals surface area contributed by atoms with E-state index in [4.69, 9.17) is 0 Å². The summed E-state index contributed by atoms with van der Waals surface area (Å²) in [6.45, 7) is 9.97. The molecule has 0 saturated heterocycles. The molecule has 0 aliphatic rings. The summed E-state index contributed by atoms with van der Waals surface area (Å²) in [5.41, 5.74) is 1.39. The molecule has 186 valence electrons. The maximum absolute atomic E-state index is 13.3. The normalized spacial score (nSPS) is 11.4. The Morgan fingerprint density at radius 1 is 1.00 bits per heavy atom. The smallest absolute Gasteiger partial charge is 0.321 e. The lowest BCUT2D eigenvalue weighted by molar-refractivity contribution is -0.117. The lowest BCUT2D eigenvalue weighted by Gasteiger charge is -2.30. The Morgan fingerprint density at radius 2 is 1.66 bits per heavy atom. The number of hydrogen-bond acceptors (Lipinski definition) is 6. The number of carbonyl (C=O) groups excluding carboxylic acids is 2. The first kappa shape index (κ1) is 26.4. The fourth-order valence-corrected chi connectivity index (χ4v) is 4.72. The average Bonchev–Trinajstić information content (AvgIpc) is 2.83. The molecule has 1 heterocycles. The fourth-order valence-electron chi connectivity index (χ4n) is 3.90. The molecule has 0 fully saturated rings. The molecule has 35 heavy (non-hydrogen) atoms. The van der Waals surface area contributed by atoms with Crippen molar-refractivity contribution in [2.75, 3.05) is 12.3 Å². The third-order valence-electron chi connectivity index (χ3n) is 5.62. The summed E-state index contributed by atoms with van der Waals surface area (Å²) >= 11 is 1.15. The van der Waals surface area contributed by atoms with E-state index in [1.54, 1.807) is 16.7 Å². The first-order chi connectivity index (χ1) is 16.8. The van der Waals surface area contributed by atoms with E-state index in [0.717, 1.165) is 17.3 Å². The predicted molar refractivity (Wildman–Crippen MR) is 141 cm³/mol. The standard InChI is InChI=1S/C26H33N5O3S/c1-18(2)30(19(3)4)14-15-31-24(33)21-12-8-9-13-22(21)28-26(31)35-17-23(32)29-25(34)27-16-20-10-6-5-7-11-20/h5-13,18-19H,14-17H2,1-4H3,(H2,27,29,32,34). The Morgan fingerprint density at radius 3 is 2.34 bits per heavy atom. The lowest BCUT2D eigenvalue weighted by Crippen LogP contribution is -2.41. The molecule has 9 heteroatoms. The zero-order chi connectivity index (χ0) is 25.4. The molecule has 2 N–H and O–H groups in total. The average molecular weight is 496 g/mol. The molecule has 0 spiro atoms. The van der Waals surface area contributed by atoms with Gasteiger partial charge in [-0.2, -0.15) is 0 Å². The second-order valence-electron chi connectivity index (χ2n) is 8.80.